The van der Waals surface area contributed by atoms with Crippen LogP contribution in [0.5, 0.6) is 11.5 Å². The van der Waals surface area contributed by atoms with Crippen LogP contribution in [0.3, 0.4) is 0 Å². The summed E-state index contributed by atoms with van der Waals surface area (Å²) in [5, 5.41) is 30.9. The number of likely N-dealkylation sites (tertiary alicyclic amines) is 1. The summed E-state index contributed by atoms with van der Waals surface area (Å²) in [5.41, 5.74) is 4.39. The zero-order valence-corrected chi connectivity index (χ0v) is 32.7. The van der Waals surface area contributed by atoms with Crippen LogP contribution in [0, 0.1) is 5.92 Å². The van der Waals surface area contributed by atoms with E-state index < -0.39 is 41.1 Å². The maximum Gasteiger partial charge on any atom is 0.407 e. The second-order valence-corrected chi connectivity index (χ2v) is 16.9. The lowest BCUT2D eigenvalue weighted by Crippen LogP contribution is -2.74. The molecule has 1 saturated carbocycles. The maximum atomic E-state index is 14.3. The molecule has 5 atom stereocenters. The summed E-state index contributed by atoms with van der Waals surface area (Å²) in [6.07, 6.45) is 3.53. The Kier molecular flexibility index (Phi) is 9.36. The number of carbonyl (C=O) groups excluding carboxylic acids is 3. The van der Waals surface area contributed by atoms with Crippen LogP contribution in [-0.4, -0.2) is 75.4 Å². The number of aromatic hydroxyl groups is 1. The average Bonchev–Trinajstić information content (AvgIpc) is 3.89. The number of aliphatic hydroxyl groups is 1. The highest BCUT2D eigenvalue weighted by Crippen LogP contribution is 2.69. The van der Waals surface area contributed by atoms with Gasteiger partial charge in [-0.05, 0) is 85.4 Å². The maximum absolute atomic E-state index is 14.3. The number of rotatable bonds is 13. The third kappa shape index (κ3) is 6.40. The summed E-state index contributed by atoms with van der Waals surface area (Å²) >= 11 is 0. The van der Waals surface area contributed by atoms with Crippen molar-refractivity contribution in [2.24, 2.45) is 5.92 Å². The second-order valence-electron chi connectivity index (χ2n) is 16.9. The number of aromatic nitrogens is 1. The first-order valence-electron chi connectivity index (χ1n) is 20.8. The van der Waals surface area contributed by atoms with Crippen molar-refractivity contribution in [2.45, 2.75) is 87.4 Å². The predicted octanol–water partition coefficient (Wildman–Crippen LogP) is 6.12. The third-order valence-corrected chi connectivity index (χ3v) is 13.4. The fourth-order valence-corrected chi connectivity index (χ4v) is 10.4. The monoisotopic (exact) mass is 796 g/mol. The Balaban J connectivity index is 0.917. The molecule has 1 aromatic heterocycles. The highest BCUT2D eigenvalue weighted by molar-refractivity contribution is 6.08. The van der Waals surface area contributed by atoms with Gasteiger partial charge in [0.25, 0.3) is 5.91 Å². The number of hydrogen-bond acceptors (Lipinski definition) is 9. The van der Waals surface area contributed by atoms with Crippen molar-refractivity contribution < 1.29 is 38.8 Å². The minimum Gasteiger partial charge on any atom is -0.504 e. The number of alkyl carbamates (subject to hydrolysis) is 1. The molecule has 5 aromatic rings. The fraction of sp³-hybridized carbons (Fsp3) is 0.383. The Hall–Kier alpha value is -5.85. The lowest BCUT2D eigenvalue weighted by Gasteiger charge is -2.62. The Morgan fingerprint density at radius 2 is 1.68 bits per heavy atom. The topological polar surface area (TPSA) is 162 Å². The van der Waals surface area contributed by atoms with Gasteiger partial charge in [-0.3, -0.25) is 9.69 Å². The molecule has 304 valence electrons. The number of nitrogens with zero attached hydrogens (tertiary/aromatic N) is 1. The van der Waals surface area contributed by atoms with E-state index in [4.69, 9.17) is 14.2 Å². The van der Waals surface area contributed by atoms with Gasteiger partial charge in [0.05, 0.1) is 27.8 Å². The van der Waals surface area contributed by atoms with Gasteiger partial charge in [-0.25, -0.2) is 9.59 Å². The molecule has 12 heteroatoms. The number of hydrogen-bond donors (Lipinski definition) is 5. The smallest absolute Gasteiger partial charge is 0.407 e. The van der Waals surface area contributed by atoms with Crippen LogP contribution in [0.4, 0.5) is 4.79 Å². The molecule has 2 bridgehead atoms. The van der Waals surface area contributed by atoms with Crippen LogP contribution in [0.2, 0.25) is 0 Å². The number of esters is 1. The predicted molar refractivity (Wildman–Crippen MR) is 218 cm³/mol. The number of H-pyrrole nitrogens is 1. The number of aromatic amines is 1. The van der Waals surface area contributed by atoms with E-state index in [0.717, 1.165) is 52.0 Å². The molecule has 2 aliphatic heterocycles. The largest absolute Gasteiger partial charge is 0.504 e. The Morgan fingerprint density at radius 3 is 2.42 bits per heavy atom. The SMILES string of the molecule is O=C(NCCC[C@H](NC(=O)c1cccc2c3c([nH]c12)[C@@H]1Oc2c(O)ccc4c2[C@@]12CCN(CC1CC1)[C@H](C4)[C@]2(O)C3)C(=O)OCc1ccccc1)OCc1ccccc1. The van der Waals surface area contributed by atoms with Crippen LogP contribution in [0.25, 0.3) is 10.9 Å². The van der Waals surface area contributed by atoms with Crippen LogP contribution >= 0.6 is 0 Å². The summed E-state index contributed by atoms with van der Waals surface area (Å²) in [4.78, 5) is 46.5. The van der Waals surface area contributed by atoms with Crippen molar-refractivity contribution in [1.29, 1.82) is 0 Å². The van der Waals surface area contributed by atoms with Gasteiger partial charge in [-0.15, -0.1) is 0 Å². The number of para-hydroxylation sites is 1. The number of benzene rings is 4. The van der Waals surface area contributed by atoms with E-state index in [9.17, 15) is 24.6 Å². The normalized spacial score (nSPS) is 24.0. The van der Waals surface area contributed by atoms with Crippen molar-refractivity contribution in [2.75, 3.05) is 19.6 Å². The Bertz CT molecular complexity index is 2430. The first-order chi connectivity index (χ1) is 28.7. The Labute approximate surface area is 341 Å². The lowest BCUT2D eigenvalue weighted by molar-refractivity contribution is -0.173. The molecule has 59 heavy (non-hydrogen) atoms. The number of carbonyl (C=O) groups is 3. The molecule has 10 rings (SSSR count). The number of phenols is 1. The van der Waals surface area contributed by atoms with Crippen molar-refractivity contribution in [1.82, 2.24) is 20.5 Å². The lowest BCUT2D eigenvalue weighted by atomic mass is 9.49. The first-order valence-corrected chi connectivity index (χ1v) is 20.8. The molecule has 2 amide bonds. The molecule has 3 heterocycles. The standard InChI is InChI=1S/C47H48N4O8/c52-36-19-18-31-23-37-47(56)24-34-32-13-7-14-33(39(32)50-40(34)42-46(47,38(31)41(36)59-42)20-22-51(37)25-28-16-17-28)43(53)49-35(44(54)57-26-29-9-3-1-4-10-29)15-8-21-48-45(55)58-27-30-11-5-2-6-12-30/h1-7,9-14,18-19,28,35,37,42,50,52,56H,8,15-17,20-27H2,(H,48,55)(H,49,53)/t35-,37+,42-,46-,47+/m0/s1. The molecule has 3 aliphatic carbocycles. The number of fused-ring (bicyclic) bond motifs is 4. The van der Waals surface area contributed by atoms with E-state index in [2.05, 4.69) is 20.5 Å². The summed E-state index contributed by atoms with van der Waals surface area (Å²) < 4.78 is 17.8. The minimum absolute atomic E-state index is 0.0415. The minimum atomic E-state index is -1.17. The summed E-state index contributed by atoms with van der Waals surface area (Å²) in [6.45, 7) is 2.18. The van der Waals surface area contributed by atoms with E-state index in [0.29, 0.717) is 48.4 Å². The number of amides is 2. The first kappa shape index (κ1) is 37.4. The molecule has 0 radical (unpaired) electrons. The fourth-order valence-electron chi connectivity index (χ4n) is 10.4. The number of piperidine rings is 1. The second kappa shape index (κ2) is 14.8. The van der Waals surface area contributed by atoms with Gasteiger partial charge in [-0.1, -0.05) is 78.9 Å². The zero-order valence-electron chi connectivity index (χ0n) is 32.7. The summed E-state index contributed by atoms with van der Waals surface area (Å²) in [7, 11) is 0. The number of nitrogens with one attached hydrogen (secondary N) is 3. The summed E-state index contributed by atoms with van der Waals surface area (Å²) in [5.74, 6) is 0.111. The van der Waals surface area contributed by atoms with Crippen molar-refractivity contribution in [3.8, 4) is 11.5 Å². The van der Waals surface area contributed by atoms with E-state index >= 15 is 0 Å². The highest BCUT2D eigenvalue weighted by atomic mass is 16.5. The highest BCUT2D eigenvalue weighted by Gasteiger charge is 2.73. The molecule has 1 saturated heterocycles. The number of phenolic OH excluding ortho intramolecular Hbond substituents is 1. The molecule has 5 aliphatic rings. The molecule has 2 fully saturated rings. The van der Waals surface area contributed by atoms with Crippen LogP contribution in [0.1, 0.15) is 82.1 Å². The molecule has 0 unspecified atom stereocenters. The molecule has 12 nitrogen and oxygen atoms in total. The van der Waals surface area contributed by atoms with Gasteiger partial charge in [0.1, 0.15) is 19.3 Å². The van der Waals surface area contributed by atoms with Gasteiger partial charge in [-0.2, -0.15) is 0 Å². The van der Waals surface area contributed by atoms with Crippen molar-refractivity contribution in [3.05, 3.63) is 130 Å². The third-order valence-electron chi connectivity index (χ3n) is 13.4. The number of ether oxygens (including phenoxy) is 3. The molecule has 5 N–H and O–H groups in total. The van der Waals surface area contributed by atoms with E-state index in [1.165, 1.54) is 12.8 Å². The van der Waals surface area contributed by atoms with Gasteiger partial charge in [0.15, 0.2) is 17.6 Å². The quantitative estimate of drug-likeness (QED) is 0.0698. The molecular weight excluding hydrogens is 749 g/mol. The van der Waals surface area contributed by atoms with E-state index in [1.807, 2.05) is 78.9 Å². The van der Waals surface area contributed by atoms with Crippen LogP contribution < -0.4 is 15.4 Å². The van der Waals surface area contributed by atoms with E-state index in [-0.39, 0.29) is 38.0 Å². The van der Waals surface area contributed by atoms with Crippen LogP contribution in [-0.2, 0) is 45.7 Å². The zero-order chi connectivity index (χ0) is 40.3. The van der Waals surface area contributed by atoms with E-state index in [1.54, 1.807) is 12.1 Å². The van der Waals surface area contributed by atoms with Gasteiger partial charge >= 0.3 is 12.1 Å². The van der Waals surface area contributed by atoms with Gasteiger partial charge in [0.2, 0.25) is 0 Å². The van der Waals surface area contributed by atoms with Crippen molar-refractivity contribution in [3.63, 3.8) is 0 Å². The molecule has 4 aromatic carbocycles. The van der Waals surface area contributed by atoms with Crippen molar-refractivity contribution >= 4 is 28.9 Å². The van der Waals surface area contributed by atoms with Crippen LogP contribution in [0.15, 0.2) is 91.0 Å². The average molecular weight is 797 g/mol. The Morgan fingerprint density at radius 1 is 0.932 bits per heavy atom. The van der Waals surface area contributed by atoms with Gasteiger partial charge < -0.3 is 40.0 Å². The summed E-state index contributed by atoms with van der Waals surface area (Å²) in [6, 6.07) is 26.8. The molecular formula is C47H48N4O8. The molecule has 1 spiro atoms. The van der Waals surface area contributed by atoms with Gasteiger partial charge in [0, 0.05) is 36.5 Å².